The average Bonchev–Trinajstić information content (AvgIpc) is 3.30. The Morgan fingerprint density at radius 3 is 2.41 bits per heavy atom. The molecule has 8 nitrogen and oxygen atoms in total. The molecule has 0 saturated heterocycles. The first kappa shape index (κ1) is 23.7. The van der Waals surface area contributed by atoms with Crippen molar-refractivity contribution in [1.82, 2.24) is 25.5 Å². The Kier molecular flexibility index (Phi) is 6.54. The maximum atomic E-state index is 14.9. The fourth-order valence-corrected chi connectivity index (χ4v) is 4.41. The molecule has 0 atom stereocenters. The second kappa shape index (κ2) is 9.40. The van der Waals surface area contributed by atoms with Crippen LogP contribution in [0.15, 0.2) is 58.0 Å². The maximum Gasteiger partial charge on any atom is 0.268 e. The molecule has 4 aromatic rings. The number of benzene rings is 2. The first-order valence-corrected chi connectivity index (χ1v) is 12.2. The van der Waals surface area contributed by atoms with E-state index in [2.05, 4.69) is 25.5 Å². The smallest absolute Gasteiger partial charge is 0.268 e. The highest BCUT2D eigenvalue weighted by Gasteiger charge is 2.22. The lowest BCUT2D eigenvalue weighted by molar-refractivity contribution is 0.581. The molecule has 10 heteroatoms. The standard InChI is InChI=1S/C24H24FN5O3S/c1-14(2)34(31,32)18-9-10-19(20(25)11-18)21-13-27-15(3)22(28-21)24-30-29-23(33-24)17-7-5-16(6-8-17)12-26-4/h5-11,13-14,26H,12H2,1-4H3. The van der Waals surface area contributed by atoms with Crippen LogP contribution in [0.25, 0.3) is 34.3 Å². The normalized spacial score (nSPS) is 11.8. The van der Waals surface area contributed by atoms with E-state index >= 15 is 0 Å². The highest BCUT2D eigenvalue weighted by Crippen LogP contribution is 2.29. The van der Waals surface area contributed by atoms with Gasteiger partial charge in [-0.1, -0.05) is 12.1 Å². The lowest BCUT2D eigenvalue weighted by Gasteiger charge is -2.10. The Hall–Kier alpha value is -3.50. The van der Waals surface area contributed by atoms with E-state index in [1.807, 2.05) is 31.3 Å². The minimum Gasteiger partial charge on any atom is -0.415 e. The molecule has 1 N–H and O–H groups in total. The Morgan fingerprint density at radius 2 is 1.76 bits per heavy atom. The molecule has 2 aromatic carbocycles. The Bertz CT molecular complexity index is 1430. The first-order chi connectivity index (χ1) is 16.2. The summed E-state index contributed by atoms with van der Waals surface area (Å²) in [6, 6.07) is 11.5. The van der Waals surface area contributed by atoms with Crippen molar-refractivity contribution in [2.75, 3.05) is 7.05 Å². The first-order valence-electron chi connectivity index (χ1n) is 10.7. The molecule has 0 unspecified atom stereocenters. The number of aryl methyl sites for hydroxylation is 1. The van der Waals surface area contributed by atoms with Gasteiger partial charge in [0.1, 0.15) is 11.5 Å². The van der Waals surface area contributed by atoms with Crippen LogP contribution in [0, 0.1) is 12.7 Å². The molecule has 0 aliphatic rings. The molecule has 176 valence electrons. The molecule has 4 rings (SSSR count). The van der Waals surface area contributed by atoms with Crippen molar-refractivity contribution in [3.05, 3.63) is 65.7 Å². The molecule has 0 saturated carbocycles. The van der Waals surface area contributed by atoms with Gasteiger partial charge < -0.3 is 9.73 Å². The Morgan fingerprint density at radius 1 is 1.06 bits per heavy atom. The third-order valence-corrected chi connectivity index (χ3v) is 7.48. The minimum absolute atomic E-state index is 0.0775. The van der Waals surface area contributed by atoms with Crippen molar-refractivity contribution in [1.29, 1.82) is 0 Å². The summed E-state index contributed by atoms with van der Waals surface area (Å²) in [4.78, 5) is 8.72. The van der Waals surface area contributed by atoms with E-state index < -0.39 is 20.9 Å². The Labute approximate surface area is 197 Å². The molecule has 0 radical (unpaired) electrons. The summed E-state index contributed by atoms with van der Waals surface area (Å²) in [5.41, 5.74) is 3.08. The van der Waals surface area contributed by atoms with Gasteiger partial charge in [0.2, 0.25) is 5.89 Å². The molecule has 34 heavy (non-hydrogen) atoms. The van der Waals surface area contributed by atoms with Crippen LogP contribution in [0.1, 0.15) is 25.1 Å². The molecule has 0 aliphatic carbocycles. The van der Waals surface area contributed by atoms with Crippen molar-refractivity contribution < 1.29 is 17.2 Å². The fraction of sp³-hybridized carbons (Fsp3) is 0.250. The van der Waals surface area contributed by atoms with E-state index in [0.29, 0.717) is 17.3 Å². The fourth-order valence-electron chi connectivity index (χ4n) is 3.34. The lowest BCUT2D eigenvalue weighted by Crippen LogP contribution is -2.14. The van der Waals surface area contributed by atoms with Crippen molar-refractivity contribution in [2.45, 2.75) is 37.5 Å². The molecule has 0 fully saturated rings. The summed E-state index contributed by atoms with van der Waals surface area (Å²) in [6.07, 6.45) is 1.42. The van der Waals surface area contributed by atoms with E-state index in [1.54, 1.807) is 20.8 Å². The van der Waals surface area contributed by atoms with Gasteiger partial charge in [0.05, 0.1) is 27.7 Å². The van der Waals surface area contributed by atoms with E-state index in [4.69, 9.17) is 4.42 Å². The van der Waals surface area contributed by atoms with Crippen molar-refractivity contribution in [2.24, 2.45) is 0 Å². The SMILES string of the molecule is CNCc1ccc(-c2nnc(-c3nc(-c4ccc(S(=O)(=O)C(C)C)cc4F)cnc3C)o2)cc1. The summed E-state index contributed by atoms with van der Waals surface area (Å²) in [7, 11) is -1.72. The van der Waals surface area contributed by atoms with Gasteiger partial charge in [-0.2, -0.15) is 0 Å². The number of hydrogen-bond donors (Lipinski definition) is 1. The van der Waals surface area contributed by atoms with Gasteiger partial charge in [-0.15, -0.1) is 10.2 Å². The maximum absolute atomic E-state index is 14.9. The van der Waals surface area contributed by atoms with Gasteiger partial charge in [0, 0.05) is 17.7 Å². The second-order valence-electron chi connectivity index (χ2n) is 8.06. The number of sulfone groups is 1. The van der Waals surface area contributed by atoms with Crippen LogP contribution < -0.4 is 5.32 Å². The van der Waals surface area contributed by atoms with Crippen molar-refractivity contribution in [3.63, 3.8) is 0 Å². The van der Waals surface area contributed by atoms with Gasteiger partial charge in [-0.25, -0.2) is 17.8 Å². The predicted molar refractivity (Wildman–Crippen MR) is 126 cm³/mol. The number of halogens is 1. The van der Waals surface area contributed by atoms with Crippen LogP contribution in [-0.2, 0) is 16.4 Å². The van der Waals surface area contributed by atoms with Gasteiger partial charge in [0.15, 0.2) is 9.84 Å². The zero-order valence-electron chi connectivity index (χ0n) is 19.2. The molecule has 2 heterocycles. The second-order valence-corrected chi connectivity index (χ2v) is 10.6. The number of nitrogens with one attached hydrogen (secondary N) is 1. The number of hydrogen-bond acceptors (Lipinski definition) is 8. The molecule has 2 aromatic heterocycles. The number of rotatable bonds is 7. The highest BCUT2D eigenvalue weighted by atomic mass is 32.2. The van der Waals surface area contributed by atoms with Gasteiger partial charge in [-0.3, -0.25) is 4.98 Å². The summed E-state index contributed by atoms with van der Waals surface area (Å²) in [6.45, 7) is 5.58. The summed E-state index contributed by atoms with van der Waals surface area (Å²) >= 11 is 0. The topological polar surface area (TPSA) is 111 Å². The molecular formula is C24H24FN5O3S. The van der Waals surface area contributed by atoms with Gasteiger partial charge >= 0.3 is 0 Å². The van der Waals surface area contributed by atoms with Crippen LogP contribution in [0.3, 0.4) is 0 Å². The quantitative estimate of drug-likeness (QED) is 0.418. The molecule has 0 bridgehead atoms. The number of aromatic nitrogens is 4. The van der Waals surface area contributed by atoms with Gasteiger partial charge in [-0.05, 0) is 63.7 Å². The zero-order chi connectivity index (χ0) is 24.5. The van der Waals surface area contributed by atoms with Crippen molar-refractivity contribution >= 4 is 9.84 Å². The highest BCUT2D eigenvalue weighted by molar-refractivity contribution is 7.92. The van der Waals surface area contributed by atoms with Crippen LogP contribution >= 0.6 is 0 Å². The monoisotopic (exact) mass is 481 g/mol. The summed E-state index contributed by atoms with van der Waals surface area (Å²) < 4.78 is 45.4. The summed E-state index contributed by atoms with van der Waals surface area (Å²) in [5, 5.41) is 10.6. The van der Waals surface area contributed by atoms with Crippen LogP contribution in [0.5, 0.6) is 0 Å². The van der Waals surface area contributed by atoms with Gasteiger partial charge in [0.25, 0.3) is 5.89 Å². The zero-order valence-corrected chi connectivity index (χ0v) is 20.0. The van der Waals surface area contributed by atoms with Crippen molar-refractivity contribution in [3.8, 4) is 34.3 Å². The molecular weight excluding hydrogens is 457 g/mol. The molecule has 0 aliphatic heterocycles. The average molecular weight is 482 g/mol. The Balaban J connectivity index is 1.67. The minimum atomic E-state index is -3.60. The van der Waals surface area contributed by atoms with E-state index in [9.17, 15) is 12.8 Å². The third kappa shape index (κ3) is 4.59. The number of nitrogens with zero attached hydrogens (tertiary/aromatic N) is 4. The molecule has 0 spiro atoms. The molecule has 0 amide bonds. The lowest BCUT2D eigenvalue weighted by atomic mass is 10.1. The predicted octanol–water partition coefficient (Wildman–Crippen LogP) is 4.21. The van der Waals surface area contributed by atoms with E-state index in [1.165, 1.54) is 18.3 Å². The van der Waals surface area contributed by atoms with E-state index in [-0.39, 0.29) is 22.0 Å². The van der Waals surface area contributed by atoms with Crippen LogP contribution in [-0.4, -0.2) is 40.9 Å². The van der Waals surface area contributed by atoms with Crippen LogP contribution in [0.4, 0.5) is 4.39 Å². The summed E-state index contributed by atoms with van der Waals surface area (Å²) in [5.74, 6) is -0.230. The third-order valence-electron chi connectivity index (χ3n) is 5.33. The largest absolute Gasteiger partial charge is 0.415 e. The van der Waals surface area contributed by atoms with Crippen LogP contribution in [0.2, 0.25) is 0 Å². The van der Waals surface area contributed by atoms with E-state index in [0.717, 1.165) is 23.7 Å².